The number of sulfonamides is 1. The maximum atomic E-state index is 11.9. The van der Waals surface area contributed by atoms with E-state index in [2.05, 4.69) is 10.3 Å². The van der Waals surface area contributed by atoms with Crippen LogP contribution in [0, 0.1) is 12.3 Å². The first-order chi connectivity index (χ1) is 8.03. The summed E-state index contributed by atoms with van der Waals surface area (Å²) in [5.41, 5.74) is 0.524. The first-order valence-electron chi connectivity index (χ1n) is 4.53. The van der Waals surface area contributed by atoms with Crippen LogP contribution in [-0.4, -0.2) is 25.3 Å². The number of benzene rings is 1. The number of nitrogens with zero attached hydrogens (tertiary/aromatic N) is 1. The molecule has 0 aliphatic rings. The molecule has 1 rings (SSSR count). The van der Waals surface area contributed by atoms with Gasteiger partial charge in [0, 0.05) is 5.56 Å². The van der Waals surface area contributed by atoms with E-state index in [1.165, 1.54) is 35.7 Å². The van der Waals surface area contributed by atoms with Gasteiger partial charge in [-0.3, -0.25) is 0 Å². The van der Waals surface area contributed by atoms with Crippen molar-refractivity contribution in [3.63, 3.8) is 0 Å². The van der Waals surface area contributed by atoms with Crippen molar-refractivity contribution in [1.29, 1.82) is 0 Å². The second-order valence-corrected chi connectivity index (χ2v) is 6.37. The maximum Gasteiger partial charge on any atom is 0.283 e. The minimum atomic E-state index is -3.67. The second-order valence-electron chi connectivity index (χ2n) is 2.91. The zero-order valence-electron chi connectivity index (χ0n) is 9.38. The van der Waals surface area contributed by atoms with Crippen LogP contribution in [0.15, 0.2) is 33.6 Å². The molecular weight excluding hydrogens is 274 g/mol. The van der Waals surface area contributed by atoms with Gasteiger partial charge in [-0.05, 0) is 30.7 Å². The second kappa shape index (κ2) is 6.15. The fourth-order valence-corrected chi connectivity index (χ4v) is 3.73. The molecular formula is C11H11NO2S3. The molecule has 90 valence electrons. The number of terminal acetylenes is 1. The van der Waals surface area contributed by atoms with Crippen molar-refractivity contribution in [3.8, 4) is 12.3 Å². The van der Waals surface area contributed by atoms with E-state index in [0.29, 0.717) is 9.94 Å². The third-order valence-corrected chi connectivity index (χ3v) is 5.23. The van der Waals surface area contributed by atoms with Gasteiger partial charge >= 0.3 is 0 Å². The lowest BCUT2D eigenvalue weighted by atomic mass is 10.2. The summed E-state index contributed by atoms with van der Waals surface area (Å²) in [5.74, 6) is 2.40. The highest BCUT2D eigenvalue weighted by Gasteiger charge is 2.14. The minimum Gasteiger partial charge on any atom is -0.199 e. The molecule has 0 aromatic heterocycles. The van der Waals surface area contributed by atoms with Crippen LogP contribution < -0.4 is 0 Å². The van der Waals surface area contributed by atoms with E-state index in [1.807, 2.05) is 0 Å². The van der Waals surface area contributed by atoms with Crippen molar-refractivity contribution in [3.05, 3.63) is 29.8 Å². The van der Waals surface area contributed by atoms with Crippen LogP contribution in [0.5, 0.6) is 0 Å². The van der Waals surface area contributed by atoms with Crippen LogP contribution in [0.25, 0.3) is 0 Å². The lowest BCUT2D eigenvalue weighted by Crippen LogP contribution is -2.00. The fraction of sp³-hybridized carbons (Fsp3) is 0.182. The number of hydrogen-bond acceptors (Lipinski definition) is 4. The van der Waals surface area contributed by atoms with E-state index in [1.54, 1.807) is 24.6 Å². The highest BCUT2D eigenvalue weighted by molar-refractivity contribution is 8.38. The Morgan fingerprint density at radius 2 is 2.00 bits per heavy atom. The summed E-state index contributed by atoms with van der Waals surface area (Å²) in [6.07, 6.45) is 8.79. The van der Waals surface area contributed by atoms with Crippen LogP contribution in [0.4, 0.5) is 0 Å². The molecule has 0 bridgehead atoms. The van der Waals surface area contributed by atoms with Crippen molar-refractivity contribution in [2.24, 2.45) is 4.40 Å². The number of rotatable bonds is 2. The molecule has 0 radical (unpaired) electrons. The highest BCUT2D eigenvalue weighted by Crippen LogP contribution is 2.19. The van der Waals surface area contributed by atoms with E-state index >= 15 is 0 Å². The van der Waals surface area contributed by atoms with Crippen molar-refractivity contribution < 1.29 is 8.42 Å². The minimum absolute atomic E-state index is 0.119. The molecule has 1 aromatic carbocycles. The number of thioether (sulfide) groups is 2. The molecule has 0 unspecified atom stereocenters. The molecule has 0 atom stereocenters. The van der Waals surface area contributed by atoms with Gasteiger partial charge in [0.05, 0.1) is 4.90 Å². The molecule has 3 nitrogen and oxygen atoms in total. The third-order valence-electron chi connectivity index (χ3n) is 1.84. The van der Waals surface area contributed by atoms with Gasteiger partial charge in [-0.2, -0.15) is 8.42 Å². The van der Waals surface area contributed by atoms with E-state index in [4.69, 9.17) is 6.42 Å². The maximum absolute atomic E-state index is 11.9. The summed E-state index contributed by atoms with van der Waals surface area (Å²) in [6, 6.07) is 6.21. The molecule has 17 heavy (non-hydrogen) atoms. The summed E-state index contributed by atoms with van der Waals surface area (Å²) >= 11 is 2.59. The van der Waals surface area contributed by atoms with E-state index in [0.717, 1.165) is 0 Å². The largest absolute Gasteiger partial charge is 0.283 e. The third kappa shape index (κ3) is 3.80. The molecule has 0 aliphatic carbocycles. The van der Waals surface area contributed by atoms with Gasteiger partial charge in [-0.1, -0.05) is 12.0 Å². The van der Waals surface area contributed by atoms with Gasteiger partial charge in [0.25, 0.3) is 10.0 Å². The van der Waals surface area contributed by atoms with Gasteiger partial charge in [-0.25, -0.2) is 0 Å². The average Bonchev–Trinajstić information content (AvgIpc) is 2.36. The van der Waals surface area contributed by atoms with Crippen molar-refractivity contribution >= 4 is 37.9 Å². The molecule has 6 heteroatoms. The SMILES string of the molecule is C#Cc1cccc(S(=O)(=O)N=C(SC)SC)c1. The molecule has 0 saturated carbocycles. The lowest BCUT2D eigenvalue weighted by molar-refractivity contribution is 0.598. The topological polar surface area (TPSA) is 46.5 Å². The predicted octanol–water partition coefficient (Wildman–Crippen LogP) is 2.44. The zero-order chi connectivity index (χ0) is 12.9. The quantitative estimate of drug-likeness (QED) is 0.476. The zero-order valence-corrected chi connectivity index (χ0v) is 11.8. The lowest BCUT2D eigenvalue weighted by Gasteiger charge is -2.01. The van der Waals surface area contributed by atoms with Crippen LogP contribution in [0.2, 0.25) is 0 Å². The molecule has 0 N–H and O–H groups in total. The van der Waals surface area contributed by atoms with Gasteiger partial charge in [0.2, 0.25) is 0 Å². The fourth-order valence-electron chi connectivity index (χ4n) is 1.06. The Labute approximate surface area is 110 Å². The Hall–Kier alpha value is -0.900. The van der Waals surface area contributed by atoms with Crippen molar-refractivity contribution in [1.82, 2.24) is 0 Å². The average molecular weight is 285 g/mol. The molecule has 0 spiro atoms. The summed E-state index contributed by atoms with van der Waals surface area (Å²) in [6.45, 7) is 0. The summed E-state index contributed by atoms with van der Waals surface area (Å²) < 4.78 is 28.1. The van der Waals surface area contributed by atoms with E-state index in [-0.39, 0.29) is 4.90 Å². The Kier molecular flexibility index (Phi) is 5.12. The van der Waals surface area contributed by atoms with E-state index < -0.39 is 10.0 Å². The van der Waals surface area contributed by atoms with Gasteiger partial charge in [0.15, 0.2) is 0 Å². The molecule has 0 saturated heterocycles. The Balaban J connectivity index is 3.23. The summed E-state index contributed by atoms with van der Waals surface area (Å²) in [7, 11) is -3.67. The van der Waals surface area contributed by atoms with Crippen molar-refractivity contribution in [2.75, 3.05) is 12.5 Å². The smallest absolute Gasteiger partial charge is 0.199 e. The Morgan fingerprint density at radius 3 is 2.53 bits per heavy atom. The highest BCUT2D eigenvalue weighted by atomic mass is 32.2. The Bertz CT molecular complexity index is 565. The van der Waals surface area contributed by atoms with Crippen LogP contribution >= 0.6 is 23.5 Å². The predicted molar refractivity (Wildman–Crippen MR) is 76.0 cm³/mol. The normalized spacial score (nSPS) is 10.6. The molecule has 0 fully saturated rings. The standard InChI is InChI=1S/C11H11NO2S3/c1-4-9-6-5-7-10(8-9)17(13,14)12-11(15-2)16-3/h1,5-8H,2-3H3. The monoisotopic (exact) mass is 285 g/mol. The first-order valence-corrected chi connectivity index (χ1v) is 8.42. The van der Waals surface area contributed by atoms with Crippen molar-refractivity contribution in [2.45, 2.75) is 4.90 Å². The summed E-state index contributed by atoms with van der Waals surface area (Å²) in [4.78, 5) is 0.119. The first kappa shape index (κ1) is 14.2. The number of hydrogen-bond donors (Lipinski definition) is 0. The summed E-state index contributed by atoms with van der Waals surface area (Å²) in [5, 5.41) is 0. The molecule has 0 amide bonds. The van der Waals surface area contributed by atoms with Gasteiger partial charge in [0.1, 0.15) is 4.38 Å². The van der Waals surface area contributed by atoms with E-state index in [9.17, 15) is 8.42 Å². The van der Waals surface area contributed by atoms with Crippen LogP contribution in [-0.2, 0) is 10.0 Å². The Morgan fingerprint density at radius 1 is 1.35 bits per heavy atom. The molecule has 1 aromatic rings. The van der Waals surface area contributed by atoms with Crippen LogP contribution in [0.1, 0.15) is 5.56 Å². The molecule has 0 aliphatic heterocycles. The van der Waals surface area contributed by atoms with Gasteiger partial charge < -0.3 is 0 Å². The van der Waals surface area contributed by atoms with Crippen LogP contribution in [0.3, 0.4) is 0 Å². The molecule has 0 heterocycles. The van der Waals surface area contributed by atoms with Gasteiger partial charge in [-0.15, -0.1) is 34.3 Å².